The van der Waals surface area contributed by atoms with Crippen molar-refractivity contribution < 1.29 is 4.79 Å². The van der Waals surface area contributed by atoms with Crippen molar-refractivity contribution in [2.45, 2.75) is 38.6 Å². The van der Waals surface area contributed by atoms with E-state index in [4.69, 9.17) is 11.7 Å². The first kappa shape index (κ1) is 10.6. The summed E-state index contributed by atoms with van der Waals surface area (Å²) in [5.41, 5.74) is -0.761. The zero-order valence-electron chi connectivity index (χ0n) is 8.34. The lowest BCUT2D eigenvalue weighted by atomic mass is 9.69. The number of hydrogen-bond donors (Lipinski definition) is 1. The number of terminal acetylenes is 1. The molecule has 0 radical (unpaired) electrons. The predicted molar refractivity (Wildman–Crippen MR) is 53.0 cm³/mol. The van der Waals surface area contributed by atoms with E-state index in [1.54, 1.807) is 0 Å². The molecule has 0 aliphatic heterocycles. The molecule has 0 aromatic heterocycles. The van der Waals surface area contributed by atoms with Crippen LogP contribution >= 0.6 is 0 Å². The Kier molecular flexibility index (Phi) is 3.14. The molecule has 0 aromatic rings. The van der Waals surface area contributed by atoms with Crippen LogP contribution in [-0.4, -0.2) is 11.9 Å². The standard InChI is InChI=1S/C11H14N2O/c1-3-5-9(2)13-10(14)11(8-12)6-4-7-11/h1,9H,4-7H2,2H3,(H,13,14). The summed E-state index contributed by atoms with van der Waals surface area (Å²) in [4.78, 5) is 11.7. The lowest BCUT2D eigenvalue weighted by Crippen LogP contribution is -2.47. The summed E-state index contributed by atoms with van der Waals surface area (Å²) in [5.74, 6) is 2.32. The Morgan fingerprint density at radius 2 is 2.36 bits per heavy atom. The largest absolute Gasteiger partial charge is 0.351 e. The molecule has 0 saturated heterocycles. The molecular formula is C11H14N2O. The Hall–Kier alpha value is -1.48. The van der Waals surface area contributed by atoms with Gasteiger partial charge in [0.25, 0.3) is 0 Å². The van der Waals surface area contributed by atoms with Gasteiger partial charge in [-0.15, -0.1) is 12.3 Å². The molecule has 1 fully saturated rings. The molecule has 3 nitrogen and oxygen atoms in total. The molecule has 1 N–H and O–H groups in total. The van der Waals surface area contributed by atoms with Crippen LogP contribution in [0.2, 0.25) is 0 Å². The molecule has 14 heavy (non-hydrogen) atoms. The van der Waals surface area contributed by atoms with Gasteiger partial charge >= 0.3 is 0 Å². The molecule has 0 spiro atoms. The minimum atomic E-state index is -0.761. The molecule has 0 aromatic carbocycles. The number of carbonyl (C=O) groups is 1. The summed E-state index contributed by atoms with van der Waals surface area (Å²) in [7, 11) is 0. The first-order chi connectivity index (χ1) is 6.64. The number of hydrogen-bond acceptors (Lipinski definition) is 2. The van der Waals surface area contributed by atoms with Gasteiger partial charge in [0.05, 0.1) is 6.07 Å². The van der Waals surface area contributed by atoms with E-state index in [1.165, 1.54) is 0 Å². The quantitative estimate of drug-likeness (QED) is 0.680. The summed E-state index contributed by atoms with van der Waals surface area (Å²) < 4.78 is 0. The Bertz CT molecular complexity index is 304. The molecule has 1 amide bonds. The highest BCUT2D eigenvalue weighted by Crippen LogP contribution is 2.40. The van der Waals surface area contributed by atoms with Gasteiger partial charge in [0.2, 0.25) is 5.91 Å². The zero-order chi connectivity index (χ0) is 10.6. The third kappa shape index (κ3) is 1.88. The van der Waals surface area contributed by atoms with Gasteiger partial charge in [-0.2, -0.15) is 5.26 Å². The highest BCUT2D eigenvalue weighted by Gasteiger charge is 2.44. The maximum Gasteiger partial charge on any atom is 0.240 e. The summed E-state index contributed by atoms with van der Waals surface area (Å²) in [6, 6.07) is 2.06. The van der Waals surface area contributed by atoms with Crippen LogP contribution in [0, 0.1) is 29.1 Å². The molecule has 1 aliphatic rings. The number of amides is 1. The van der Waals surface area contributed by atoms with Crippen LogP contribution in [0.4, 0.5) is 0 Å². The number of nitrogens with one attached hydrogen (secondary N) is 1. The van der Waals surface area contributed by atoms with E-state index in [9.17, 15) is 4.79 Å². The average molecular weight is 190 g/mol. The van der Waals surface area contributed by atoms with Crippen LogP contribution in [0.15, 0.2) is 0 Å². The normalized spacial score (nSPS) is 19.6. The van der Waals surface area contributed by atoms with E-state index in [1.807, 2.05) is 6.92 Å². The van der Waals surface area contributed by atoms with E-state index in [-0.39, 0.29) is 11.9 Å². The fourth-order valence-corrected chi connectivity index (χ4v) is 1.51. The van der Waals surface area contributed by atoms with Gasteiger partial charge in [-0.05, 0) is 26.2 Å². The summed E-state index contributed by atoms with van der Waals surface area (Å²) in [5, 5.41) is 11.7. The lowest BCUT2D eigenvalue weighted by Gasteiger charge is -2.34. The van der Waals surface area contributed by atoms with E-state index in [0.717, 1.165) is 6.42 Å². The molecular weight excluding hydrogens is 176 g/mol. The fraction of sp³-hybridized carbons (Fsp3) is 0.636. The molecule has 1 unspecified atom stereocenters. The topological polar surface area (TPSA) is 52.9 Å². The van der Waals surface area contributed by atoms with Crippen molar-refractivity contribution in [1.82, 2.24) is 5.32 Å². The molecule has 1 atom stereocenters. The molecule has 3 heteroatoms. The maximum atomic E-state index is 11.7. The Labute approximate surface area is 84.5 Å². The first-order valence-corrected chi connectivity index (χ1v) is 4.80. The van der Waals surface area contributed by atoms with Gasteiger partial charge in [-0.3, -0.25) is 4.79 Å². The highest BCUT2D eigenvalue weighted by molar-refractivity contribution is 5.86. The first-order valence-electron chi connectivity index (χ1n) is 4.80. The number of nitrogens with zero attached hydrogens (tertiary/aromatic N) is 1. The van der Waals surface area contributed by atoms with E-state index >= 15 is 0 Å². The van der Waals surface area contributed by atoms with Gasteiger partial charge in [-0.25, -0.2) is 0 Å². The van der Waals surface area contributed by atoms with Crippen molar-refractivity contribution in [2.24, 2.45) is 5.41 Å². The third-order valence-electron chi connectivity index (χ3n) is 2.66. The van der Waals surface area contributed by atoms with Gasteiger partial charge < -0.3 is 5.32 Å². The summed E-state index contributed by atoms with van der Waals surface area (Å²) in [6.07, 6.45) is 7.95. The third-order valence-corrected chi connectivity index (χ3v) is 2.66. The molecule has 1 aliphatic carbocycles. The average Bonchev–Trinajstić information content (AvgIpc) is 2.03. The van der Waals surface area contributed by atoms with Crippen LogP contribution in [0.25, 0.3) is 0 Å². The van der Waals surface area contributed by atoms with Crippen LogP contribution in [0.5, 0.6) is 0 Å². The second-order valence-electron chi connectivity index (χ2n) is 3.83. The van der Waals surface area contributed by atoms with Crippen LogP contribution < -0.4 is 5.32 Å². The number of nitriles is 1. The van der Waals surface area contributed by atoms with Crippen molar-refractivity contribution >= 4 is 5.91 Å². The SMILES string of the molecule is C#CCC(C)NC(=O)C1(C#N)CCC1. The van der Waals surface area contributed by atoms with Crippen molar-refractivity contribution in [2.75, 3.05) is 0 Å². The van der Waals surface area contributed by atoms with E-state index in [0.29, 0.717) is 19.3 Å². The van der Waals surface area contributed by atoms with E-state index < -0.39 is 5.41 Å². The molecule has 1 saturated carbocycles. The summed E-state index contributed by atoms with van der Waals surface area (Å²) in [6.45, 7) is 1.85. The maximum absolute atomic E-state index is 11.7. The minimum absolute atomic E-state index is 0.0432. The lowest BCUT2D eigenvalue weighted by molar-refractivity contribution is -0.132. The van der Waals surface area contributed by atoms with E-state index in [2.05, 4.69) is 17.3 Å². The number of rotatable bonds is 3. The van der Waals surface area contributed by atoms with Crippen molar-refractivity contribution in [3.05, 3.63) is 0 Å². The molecule has 74 valence electrons. The predicted octanol–water partition coefficient (Wildman–Crippen LogP) is 1.21. The Morgan fingerprint density at radius 1 is 1.71 bits per heavy atom. The number of carbonyl (C=O) groups excluding carboxylic acids is 1. The van der Waals surface area contributed by atoms with Gasteiger partial charge in [0.1, 0.15) is 5.41 Å². The second-order valence-corrected chi connectivity index (χ2v) is 3.83. The van der Waals surface area contributed by atoms with Crippen molar-refractivity contribution in [3.63, 3.8) is 0 Å². The second kappa shape index (κ2) is 4.15. The smallest absolute Gasteiger partial charge is 0.240 e. The highest BCUT2D eigenvalue weighted by atomic mass is 16.2. The van der Waals surface area contributed by atoms with Crippen molar-refractivity contribution in [1.29, 1.82) is 5.26 Å². The van der Waals surface area contributed by atoms with Gasteiger partial charge in [-0.1, -0.05) is 0 Å². The Morgan fingerprint density at radius 3 is 2.71 bits per heavy atom. The molecule has 0 bridgehead atoms. The summed E-state index contributed by atoms with van der Waals surface area (Å²) >= 11 is 0. The fourth-order valence-electron chi connectivity index (χ4n) is 1.51. The monoisotopic (exact) mass is 190 g/mol. The molecule has 1 rings (SSSR count). The van der Waals surface area contributed by atoms with Crippen LogP contribution in [-0.2, 0) is 4.79 Å². The van der Waals surface area contributed by atoms with Gasteiger partial charge in [0.15, 0.2) is 0 Å². The molecule has 0 heterocycles. The van der Waals surface area contributed by atoms with Crippen LogP contribution in [0.1, 0.15) is 32.6 Å². The van der Waals surface area contributed by atoms with Crippen molar-refractivity contribution in [3.8, 4) is 18.4 Å². The zero-order valence-corrected chi connectivity index (χ0v) is 8.34. The Balaban J connectivity index is 2.50. The van der Waals surface area contributed by atoms with Crippen LogP contribution in [0.3, 0.4) is 0 Å². The van der Waals surface area contributed by atoms with Gasteiger partial charge in [0, 0.05) is 12.5 Å². The minimum Gasteiger partial charge on any atom is -0.351 e.